The van der Waals surface area contributed by atoms with Crippen LogP contribution in [0.3, 0.4) is 0 Å². The molecule has 1 fully saturated rings. The number of amides is 1. The van der Waals surface area contributed by atoms with Crippen LogP contribution < -0.4 is 5.32 Å². The predicted molar refractivity (Wildman–Crippen MR) is 71.1 cm³/mol. The average molecular weight is 252 g/mol. The van der Waals surface area contributed by atoms with Gasteiger partial charge < -0.3 is 10.2 Å². The summed E-state index contributed by atoms with van der Waals surface area (Å²) in [6.07, 6.45) is 1.96. The van der Waals surface area contributed by atoms with Gasteiger partial charge in [-0.05, 0) is 45.0 Å². The van der Waals surface area contributed by atoms with Crippen LogP contribution >= 0.6 is 11.3 Å². The van der Waals surface area contributed by atoms with Gasteiger partial charge in [0.05, 0.1) is 6.54 Å². The molecule has 2 rings (SSSR count). The largest absolute Gasteiger partial charge is 0.340 e. The molecule has 0 radical (unpaired) electrons. The number of hydrogen-bond acceptors (Lipinski definition) is 3. The molecule has 1 aliphatic rings. The summed E-state index contributed by atoms with van der Waals surface area (Å²) in [6, 6.07) is 4.23. The van der Waals surface area contributed by atoms with Crippen molar-refractivity contribution in [1.82, 2.24) is 10.2 Å². The first-order chi connectivity index (χ1) is 8.16. The minimum atomic E-state index is 0.224. The molecule has 1 N–H and O–H groups in total. The average Bonchev–Trinajstić information content (AvgIpc) is 2.75. The van der Waals surface area contributed by atoms with Gasteiger partial charge in [-0.3, -0.25) is 4.79 Å². The van der Waals surface area contributed by atoms with Crippen LogP contribution in [0, 0.1) is 12.8 Å². The second-order valence-corrected chi connectivity index (χ2v) is 6.10. The number of hydrogen-bond donors (Lipinski definition) is 1. The summed E-state index contributed by atoms with van der Waals surface area (Å²) in [5.41, 5.74) is 0. The first-order valence-electron chi connectivity index (χ1n) is 6.18. The molecule has 0 aliphatic carbocycles. The first-order valence-corrected chi connectivity index (χ1v) is 6.99. The second kappa shape index (κ2) is 5.65. The van der Waals surface area contributed by atoms with Crippen LogP contribution in [0.15, 0.2) is 12.1 Å². The standard InChI is InChI=1S/C13H20N2OS/c1-10-3-4-12(17-10)9-15(2)13(16)11-5-7-14-8-6-11/h3-4,11,14H,5-9H2,1-2H3. The number of carbonyl (C=O) groups excluding carboxylic acids is 1. The molecule has 0 bridgehead atoms. The Morgan fingerprint density at radius 2 is 2.18 bits per heavy atom. The van der Waals surface area contributed by atoms with E-state index in [0.29, 0.717) is 5.91 Å². The number of carbonyl (C=O) groups is 1. The molecule has 2 heterocycles. The van der Waals surface area contributed by atoms with E-state index >= 15 is 0 Å². The van der Waals surface area contributed by atoms with Gasteiger partial charge in [-0.25, -0.2) is 0 Å². The van der Waals surface area contributed by atoms with E-state index in [1.165, 1.54) is 9.75 Å². The third kappa shape index (κ3) is 3.30. The molecule has 94 valence electrons. The number of rotatable bonds is 3. The van der Waals surface area contributed by atoms with Crippen LogP contribution in [0.25, 0.3) is 0 Å². The maximum Gasteiger partial charge on any atom is 0.225 e. The monoisotopic (exact) mass is 252 g/mol. The fourth-order valence-corrected chi connectivity index (χ4v) is 3.21. The Bertz CT molecular complexity index is 383. The van der Waals surface area contributed by atoms with E-state index in [4.69, 9.17) is 0 Å². The van der Waals surface area contributed by atoms with Gasteiger partial charge in [0, 0.05) is 22.7 Å². The Balaban J connectivity index is 1.90. The lowest BCUT2D eigenvalue weighted by atomic mass is 9.97. The van der Waals surface area contributed by atoms with E-state index in [1.807, 2.05) is 11.9 Å². The SMILES string of the molecule is Cc1ccc(CN(C)C(=O)C2CCNCC2)s1. The number of piperidine rings is 1. The lowest BCUT2D eigenvalue weighted by Gasteiger charge is -2.26. The highest BCUT2D eigenvalue weighted by atomic mass is 32.1. The van der Waals surface area contributed by atoms with Crippen molar-refractivity contribution in [3.05, 3.63) is 21.9 Å². The fraction of sp³-hybridized carbons (Fsp3) is 0.615. The van der Waals surface area contributed by atoms with Gasteiger partial charge in [0.15, 0.2) is 0 Å². The first kappa shape index (κ1) is 12.6. The summed E-state index contributed by atoms with van der Waals surface area (Å²) < 4.78 is 0. The number of aryl methyl sites for hydroxylation is 1. The van der Waals surface area contributed by atoms with Crippen LogP contribution in [0.5, 0.6) is 0 Å². The molecule has 0 spiro atoms. The maximum atomic E-state index is 12.2. The molecule has 1 amide bonds. The van der Waals surface area contributed by atoms with E-state index in [0.717, 1.165) is 32.5 Å². The Morgan fingerprint density at radius 3 is 2.76 bits per heavy atom. The Morgan fingerprint density at radius 1 is 1.47 bits per heavy atom. The van der Waals surface area contributed by atoms with Crippen molar-refractivity contribution < 1.29 is 4.79 Å². The summed E-state index contributed by atoms with van der Waals surface area (Å²) in [7, 11) is 1.92. The highest BCUT2D eigenvalue weighted by Gasteiger charge is 2.23. The molecule has 0 atom stereocenters. The van der Waals surface area contributed by atoms with Crippen molar-refractivity contribution in [3.63, 3.8) is 0 Å². The quantitative estimate of drug-likeness (QED) is 0.892. The van der Waals surface area contributed by atoms with Gasteiger partial charge in [-0.15, -0.1) is 11.3 Å². The van der Waals surface area contributed by atoms with Gasteiger partial charge in [0.2, 0.25) is 5.91 Å². The van der Waals surface area contributed by atoms with Gasteiger partial charge in [0.1, 0.15) is 0 Å². The van der Waals surface area contributed by atoms with Gasteiger partial charge >= 0.3 is 0 Å². The van der Waals surface area contributed by atoms with Crippen molar-refractivity contribution >= 4 is 17.2 Å². The van der Waals surface area contributed by atoms with Crippen molar-refractivity contribution in [2.75, 3.05) is 20.1 Å². The molecule has 1 aromatic heterocycles. The zero-order valence-corrected chi connectivity index (χ0v) is 11.3. The fourth-order valence-electron chi connectivity index (χ4n) is 2.26. The second-order valence-electron chi connectivity index (χ2n) is 4.73. The molecular formula is C13H20N2OS. The summed E-state index contributed by atoms with van der Waals surface area (Å²) >= 11 is 1.77. The zero-order valence-electron chi connectivity index (χ0n) is 10.5. The minimum absolute atomic E-state index is 0.224. The van der Waals surface area contributed by atoms with Crippen LogP contribution in [0.2, 0.25) is 0 Å². The highest BCUT2D eigenvalue weighted by molar-refractivity contribution is 7.11. The van der Waals surface area contributed by atoms with Crippen molar-refractivity contribution in [3.8, 4) is 0 Å². The van der Waals surface area contributed by atoms with Crippen molar-refractivity contribution in [2.24, 2.45) is 5.92 Å². The molecule has 0 aromatic carbocycles. The molecular weight excluding hydrogens is 232 g/mol. The summed E-state index contributed by atoms with van der Waals surface area (Å²) in [6.45, 7) is 4.80. The van der Waals surface area contributed by atoms with Gasteiger partial charge in [-0.1, -0.05) is 0 Å². The van der Waals surface area contributed by atoms with E-state index in [1.54, 1.807) is 11.3 Å². The Kier molecular flexibility index (Phi) is 4.18. The Hall–Kier alpha value is -0.870. The zero-order chi connectivity index (χ0) is 12.3. The van der Waals surface area contributed by atoms with E-state index in [-0.39, 0.29) is 5.92 Å². The minimum Gasteiger partial charge on any atom is -0.340 e. The van der Waals surface area contributed by atoms with Crippen LogP contribution in [-0.4, -0.2) is 30.9 Å². The molecule has 17 heavy (non-hydrogen) atoms. The topological polar surface area (TPSA) is 32.3 Å². The van der Waals surface area contributed by atoms with Crippen molar-refractivity contribution in [2.45, 2.75) is 26.3 Å². The summed E-state index contributed by atoms with van der Waals surface area (Å²) in [5.74, 6) is 0.528. The molecule has 0 saturated carbocycles. The number of thiophene rings is 1. The van der Waals surface area contributed by atoms with Crippen molar-refractivity contribution in [1.29, 1.82) is 0 Å². The van der Waals surface area contributed by atoms with Crippen LogP contribution in [0.1, 0.15) is 22.6 Å². The third-order valence-corrected chi connectivity index (χ3v) is 4.24. The van der Waals surface area contributed by atoms with Crippen LogP contribution in [-0.2, 0) is 11.3 Å². The summed E-state index contributed by atoms with van der Waals surface area (Å²) in [4.78, 5) is 16.7. The molecule has 0 unspecified atom stereocenters. The van der Waals surface area contributed by atoms with Gasteiger partial charge in [-0.2, -0.15) is 0 Å². The summed E-state index contributed by atoms with van der Waals surface area (Å²) in [5, 5.41) is 3.29. The highest BCUT2D eigenvalue weighted by Crippen LogP contribution is 2.19. The van der Waals surface area contributed by atoms with E-state index < -0.39 is 0 Å². The predicted octanol–water partition coefficient (Wildman–Crippen LogP) is 2.01. The smallest absolute Gasteiger partial charge is 0.225 e. The lowest BCUT2D eigenvalue weighted by molar-refractivity contribution is -0.135. The van der Waals surface area contributed by atoms with Crippen LogP contribution in [0.4, 0.5) is 0 Å². The Labute approximate surface area is 107 Å². The third-order valence-electron chi connectivity index (χ3n) is 3.25. The molecule has 3 nitrogen and oxygen atoms in total. The molecule has 4 heteroatoms. The normalized spacial score (nSPS) is 17.1. The molecule has 1 aliphatic heterocycles. The van der Waals surface area contributed by atoms with E-state index in [9.17, 15) is 4.79 Å². The molecule has 1 saturated heterocycles. The van der Waals surface area contributed by atoms with E-state index in [2.05, 4.69) is 24.4 Å². The lowest BCUT2D eigenvalue weighted by Crippen LogP contribution is -2.38. The van der Waals surface area contributed by atoms with Gasteiger partial charge in [0.25, 0.3) is 0 Å². The maximum absolute atomic E-state index is 12.2. The number of nitrogens with one attached hydrogen (secondary N) is 1. The number of nitrogens with zero attached hydrogens (tertiary/aromatic N) is 1. The molecule has 1 aromatic rings.